The van der Waals surface area contributed by atoms with Gasteiger partial charge in [0.15, 0.2) is 6.10 Å². The number of pyridine rings is 1. The van der Waals surface area contributed by atoms with Crippen LogP contribution in [0.1, 0.15) is 26.5 Å². The maximum absolute atomic E-state index is 12.3. The number of carbonyl (C=O) groups excluding carboxylic acids is 2. The van der Waals surface area contributed by atoms with Crippen molar-refractivity contribution in [3.8, 4) is 0 Å². The van der Waals surface area contributed by atoms with Crippen molar-refractivity contribution in [1.82, 2.24) is 9.71 Å². The van der Waals surface area contributed by atoms with Crippen LogP contribution in [0.4, 0.5) is 5.69 Å². The number of anilines is 1. The standard InChI is InChI=1S/C24H25N3O5S/c1-16(2)27-33(30,31)21-13-10-20(11-14-21)26-24(29)17(3)32-23(28)15-12-19-9-8-18-6-4-5-7-22(18)25-19/h4-17,27H,1-3H3,(H,26,29)/b15-12-/t17-/m1/s1. The van der Waals surface area contributed by atoms with Crippen molar-refractivity contribution in [2.75, 3.05) is 5.32 Å². The predicted octanol–water partition coefficient (Wildman–Crippen LogP) is 3.51. The van der Waals surface area contributed by atoms with Gasteiger partial charge in [-0.1, -0.05) is 24.3 Å². The Bertz CT molecular complexity index is 1280. The second kappa shape index (κ2) is 10.4. The van der Waals surface area contributed by atoms with Gasteiger partial charge in [-0.2, -0.15) is 0 Å². The Morgan fingerprint density at radius 1 is 0.970 bits per heavy atom. The molecule has 0 bridgehead atoms. The number of aromatic nitrogens is 1. The minimum atomic E-state index is -3.62. The summed E-state index contributed by atoms with van der Waals surface area (Å²) in [5, 5.41) is 3.58. The summed E-state index contributed by atoms with van der Waals surface area (Å²) < 4.78 is 32.0. The van der Waals surface area contributed by atoms with Gasteiger partial charge in [-0.3, -0.25) is 4.79 Å². The van der Waals surface area contributed by atoms with E-state index in [1.165, 1.54) is 43.3 Å². The number of hydrogen-bond acceptors (Lipinski definition) is 6. The van der Waals surface area contributed by atoms with Gasteiger partial charge in [-0.15, -0.1) is 0 Å². The molecule has 0 fully saturated rings. The van der Waals surface area contributed by atoms with E-state index in [0.29, 0.717) is 11.4 Å². The van der Waals surface area contributed by atoms with Crippen molar-refractivity contribution in [2.45, 2.75) is 37.8 Å². The van der Waals surface area contributed by atoms with Gasteiger partial charge in [-0.25, -0.2) is 22.9 Å². The summed E-state index contributed by atoms with van der Waals surface area (Å²) >= 11 is 0. The molecular weight excluding hydrogens is 442 g/mol. The highest BCUT2D eigenvalue weighted by atomic mass is 32.2. The number of nitrogens with zero attached hydrogens (tertiary/aromatic N) is 1. The van der Waals surface area contributed by atoms with E-state index in [-0.39, 0.29) is 10.9 Å². The Labute approximate surface area is 192 Å². The fourth-order valence-corrected chi connectivity index (χ4v) is 4.19. The zero-order valence-corrected chi connectivity index (χ0v) is 19.3. The lowest BCUT2D eigenvalue weighted by molar-refractivity contribution is -0.148. The lowest BCUT2D eigenvalue weighted by Crippen LogP contribution is -2.30. The highest BCUT2D eigenvalue weighted by molar-refractivity contribution is 7.89. The highest BCUT2D eigenvalue weighted by Crippen LogP contribution is 2.15. The summed E-state index contributed by atoms with van der Waals surface area (Å²) in [5.74, 6) is -1.23. The topological polar surface area (TPSA) is 114 Å². The monoisotopic (exact) mass is 467 g/mol. The third kappa shape index (κ3) is 6.71. The molecule has 0 aliphatic carbocycles. The van der Waals surface area contributed by atoms with Crippen LogP contribution >= 0.6 is 0 Å². The molecule has 1 aromatic heterocycles. The molecule has 0 saturated carbocycles. The molecule has 33 heavy (non-hydrogen) atoms. The van der Waals surface area contributed by atoms with E-state index in [2.05, 4.69) is 15.0 Å². The van der Waals surface area contributed by atoms with Crippen LogP contribution in [0.5, 0.6) is 0 Å². The number of amides is 1. The normalized spacial score (nSPS) is 12.7. The number of benzene rings is 2. The number of para-hydroxylation sites is 1. The average molecular weight is 468 g/mol. The first kappa shape index (κ1) is 24.1. The summed E-state index contributed by atoms with van der Waals surface area (Å²) in [6.45, 7) is 4.89. The van der Waals surface area contributed by atoms with Gasteiger partial charge < -0.3 is 10.1 Å². The Kier molecular flexibility index (Phi) is 7.57. The second-order valence-electron chi connectivity index (χ2n) is 7.63. The van der Waals surface area contributed by atoms with Gasteiger partial charge in [0.25, 0.3) is 5.91 Å². The number of ether oxygens (including phenoxy) is 1. The van der Waals surface area contributed by atoms with Gasteiger partial charge in [0.2, 0.25) is 10.0 Å². The lowest BCUT2D eigenvalue weighted by atomic mass is 10.2. The van der Waals surface area contributed by atoms with Crippen LogP contribution in [0.3, 0.4) is 0 Å². The van der Waals surface area contributed by atoms with Crippen molar-refractivity contribution >= 4 is 44.6 Å². The molecule has 0 spiro atoms. The number of rotatable bonds is 8. The molecule has 8 nitrogen and oxygen atoms in total. The lowest BCUT2D eigenvalue weighted by Gasteiger charge is -2.13. The van der Waals surface area contributed by atoms with Crippen LogP contribution in [0.15, 0.2) is 71.6 Å². The molecule has 172 valence electrons. The molecule has 1 heterocycles. The van der Waals surface area contributed by atoms with Crippen LogP contribution in [0, 0.1) is 0 Å². The average Bonchev–Trinajstić information content (AvgIpc) is 2.77. The molecule has 0 aliphatic heterocycles. The third-order valence-electron chi connectivity index (χ3n) is 4.50. The van der Waals surface area contributed by atoms with E-state index in [1.54, 1.807) is 19.9 Å². The molecule has 3 aromatic rings. The van der Waals surface area contributed by atoms with Crippen molar-refractivity contribution in [3.05, 3.63) is 72.4 Å². The summed E-state index contributed by atoms with van der Waals surface area (Å²) in [6.07, 6.45) is 1.67. The largest absolute Gasteiger partial charge is 0.449 e. The Morgan fingerprint density at radius 3 is 2.36 bits per heavy atom. The number of carbonyl (C=O) groups is 2. The van der Waals surface area contributed by atoms with Crippen LogP contribution in [0.25, 0.3) is 17.0 Å². The van der Waals surface area contributed by atoms with Crippen molar-refractivity contribution in [1.29, 1.82) is 0 Å². The van der Waals surface area contributed by atoms with Crippen molar-refractivity contribution < 1.29 is 22.7 Å². The van der Waals surface area contributed by atoms with E-state index >= 15 is 0 Å². The summed E-state index contributed by atoms with van der Waals surface area (Å²) in [7, 11) is -3.62. The summed E-state index contributed by atoms with van der Waals surface area (Å²) in [6, 6.07) is 16.8. The molecule has 1 atom stereocenters. The van der Waals surface area contributed by atoms with Crippen LogP contribution < -0.4 is 10.0 Å². The molecule has 9 heteroatoms. The molecule has 0 saturated heterocycles. The van der Waals surface area contributed by atoms with E-state index in [1.807, 2.05) is 30.3 Å². The van der Waals surface area contributed by atoms with Crippen LogP contribution in [0.2, 0.25) is 0 Å². The van der Waals surface area contributed by atoms with Gasteiger partial charge in [-0.05, 0) is 63.2 Å². The number of sulfonamides is 1. The smallest absolute Gasteiger partial charge is 0.331 e. The van der Waals surface area contributed by atoms with Gasteiger partial charge >= 0.3 is 5.97 Å². The Balaban J connectivity index is 1.56. The maximum atomic E-state index is 12.3. The SMILES string of the molecule is CC(C)NS(=O)(=O)c1ccc(NC(=O)[C@@H](C)OC(=O)/C=C\c2ccc3ccccc3n2)cc1. The summed E-state index contributed by atoms with van der Waals surface area (Å²) in [4.78, 5) is 29.0. The number of fused-ring (bicyclic) bond motifs is 1. The molecule has 0 unspecified atom stereocenters. The molecule has 0 aliphatic rings. The number of esters is 1. The first-order valence-electron chi connectivity index (χ1n) is 10.3. The fraction of sp³-hybridized carbons (Fsp3) is 0.208. The highest BCUT2D eigenvalue weighted by Gasteiger charge is 2.18. The van der Waals surface area contributed by atoms with E-state index in [9.17, 15) is 18.0 Å². The van der Waals surface area contributed by atoms with E-state index in [0.717, 1.165) is 10.9 Å². The zero-order chi connectivity index (χ0) is 24.0. The molecule has 3 rings (SSSR count). The van der Waals surface area contributed by atoms with Gasteiger partial charge in [0.1, 0.15) is 0 Å². The van der Waals surface area contributed by atoms with Crippen LogP contribution in [-0.2, 0) is 24.3 Å². The Hall–Kier alpha value is -3.56. The molecular formula is C24H25N3O5S. The number of hydrogen-bond donors (Lipinski definition) is 2. The molecule has 1 amide bonds. The van der Waals surface area contributed by atoms with Gasteiger partial charge in [0.05, 0.1) is 16.1 Å². The minimum Gasteiger partial charge on any atom is -0.449 e. The first-order chi connectivity index (χ1) is 15.6. The molecule has 2 N–H and O–H groups in total. The van der Waals surface area contributed by atoms with Gasteiger partial charge in [0, 0.05) is 23.2 Å². The third-order valence-corrected chi connectivity index (χ3v) is 6.17. The zero-order valence-electron chi connectivity index (χ0n) is 18.5. The molecule has 0 radical (unpaired) electrons. The van der Waals surface area contributed by atoms with Crippen molar-refractivity contribution in [3.63, 3.8) is 0 Å². The quantitative estimate of drug-likeness (QED) is 0.387. The van der Waals surface area contributed by atoms with E-state index < -0.39 is 28.0 Å². The minimum absolute atomic E-state index is 0.0844. The van der Waals surface area contributed by atoms with Crippen molar-refractivity contribution in [2.24, 2.45) is 0 Å². The Morgan fingerprint density at radius 2 is 1.67 bits per heavy atom. The van der Waals surface area contributed by atoms with Crippen LogP contribution in [-0.4, -0.2) is 37.4 Å². The fourth-order valence-electron chi connectivity index (χ4n) is 2.93. The predicted molar refractivity (Wildman–Crippen MR) is 127 cm³/mol. The maximum Gasteiger partial charge on any atom is 0.331 e. The molecule has 2 aromatic carbocycles. The number of nitrogens with one attached hydrogen (secondary N) is 2. The van der Waals surface area contributed by atoms with E-state index in [4.69, 9.17) is 4.74 Å². The summed E-state index contributed by atoms with van der Waals surface area (Å²) in [5.41, 5.74) is 1.77. The first-order valence-corrected chi connectivity index (χ1v) is 11.8. The second-order valence-corrected chi connectivity index (χ2v) is 9.34.